The van der Waals surface area contributed by atoms with E-state index in [0.717, 1.165) is 0 Å². The molecule has 0 fully saturated rings. The van der Waals surface area contributed by atoms with Crippen molar-refractivity contribution in [3.63, 3.8) is 0 Å². The molecular formula is C18H18Br2N2O5. The SMILES string of the molecule is COCCOc1ccc(C(=O)NNC(=O)c2ccc(OC)c(Br)c2)cc1Br. The van der Waals surface area contributed by atoms with Crippen molar-refractivity contribution in [2.45, 2.75) is 0 Å². The molecule has 0 aliphatic carbocycles. The molecule has 0 unspecified atom stereocenters. The van der Waals surface area contributed by atoms with Gasteiger partial charge in [0.05, 0.1) is 22.7 Å². The van der Waals surface area contributed by atoms with Crippen LogP contribution in [0.25, 0.3) is 0 Å². The number of benzene rings is 2. The third kappa shape index (κ3) is 5.95. The predicted molar refractivity (Wildman–Crippen MR) is 107 cm³/mol. The van der Waals surface area contributed by atoms with Crippen LogP contribution in [0, 0.1) is 0 Å². The summed E-state index contributed by atoms with van der Waals surface area (Å²) in [5.41, 5.74) is 5.48. The standard InChI is InChI=1S/C18H18Br2N2O5/c1-25-7-8-27-16-6-4-12(10-14(16)20)18(24)22-21-17(23)11-3-5-15(26-2)13(19)9-11/h3-6,9-10H,7-8H2,1-2H3,(H,21,23)(H,22,24). The maximum Gasteiger partial charge on any atom is 0.269 e. The number of carbonyl (C=O) groups is 2. The van der Waals surface area contributed by atoms with Crippen molar-refractivity contribution in [3.8, 4) is 11.5 Å². The van der Waals surface area contributed by atoms with E-state index in [4.69, 9.17) is 14.2 Å². The van der Waals surface area contributed by atoms with Gasteiger partial charge in [-0.25, -0.2) is 0 Å². The van der Waals surface area contributed by atoms with Gasteiger partial charge in [0.15, 0.2) is 0 Å². The van der Waals surface area contributed by atoms with Gasteiger partial charge in [-0.15, -0.1) is 0 Å². The van der Waals surface area contributed by atoms with E-state index in [9.17, 15) is 9.59 Å². The van der Waals surface area contributed by atoms with Crippen LogP contribution in [-0.4, -0.2) is 39.2 Å². The van der Waals surface area contributed by atoms with E-state index >= 15 is 0 Å². The minimum Gasteiger partial charge on any atom is -0.496 e. The fourth-order valence-electron chi connectivity index (χ4n) is 2.06. The topological polar surface area (TPSA) is 85.9 Å². The molecule has 2 rings (SSSR count). The lowest BCUT2D eigenvalue weighted by Crippen LogP contribution is -2.41. The Morgan fingerprint density at radius 2 is 1.37 bits per heavy atom. The molecular weight excluding hydrogens is 484 g/mol. The Labute approximate surface area is 173 Å². The van der Waals surface area contributed by atoms with Gasteiger partial charge in [0, 0.05) is 18.2 Å². The van der Waals surface area contributed by atoms with E-state index in [-0.39, 0.29) is 0 Å². The number of methoxy groups -OCH3 is 2. The molecule has 144 valence electrons. The number of nitrogens with one attached hydrogen (secondary N) is 2. The van der Waals surface area contributed by atoms with Gasteiger partial charge in [-0.2, -0.15) is 0 Å². The Kier molecular flexibility index (Phi) is 8.08. The van der Waals surface area contributed by atoms with Crippen LogP contribution in [-0.2, 0) is 4.74 Å². The van der Waals surface area contributed by atoms with Crippen molar-refractivity contribution in [1.29, 1.82) is 0 Å². The molecule has 0 heterocycles. The lowest BCUT2D eigenvalue weighted by atomic mass is 10.2. The fraction of sp³-hybridized carbons (Fsp3) is 0.222. The second-order valence-electron chi connectivity index (χ2n) is 5.24. The Morgan fingerprint density at radius 1 is 0.852 bits per heavy atom. The number of hydrogen-bond acceptors (Lipinski definition) is 5. The van der Waals surface area contributed by atoms with Crippen molar-refractivity contribution in [3.05, 3.63) is 56.5 Å². The summed E-state index contributed by atoms with van der Waals surface area (Å²) in [6.45, 7) is 0.857. The smallest absolute Gasteiger partial charge is 0.269 e. The third-order valence-electron chi connectivity index (χ3n) is 3.44. The van der Waals surface area contributed by atoms with Crippen molar-refractivity contribution >= 4 is 43.7 Å². The lowest BCUT2D eigenvalue weighted by molar-refractivity contribution is 0.0846. The summed E-state index contributed by atoms with van der Waals surface area (Å²) in [7, 11) is 3.12. The zero-order chi connectivity index (χ0) is 19.8. The molecule has 0 aliphatic heterocycles. The number of hydrazine groups is 1. The number of rotatable bonds is 7. The molecule has 0 radical (unpaired) electrons. The summed E-state index contributed by atoms with van der Waals surface area (Å²) in [5.74, 6) is 0.286. The number of halogens is 2. The number of amides is 2. The molecule has 2 aromatic carbocycles. The molecule has 0 saturated carbocycles. The average Bonchev–Trinajstić information content (AvgIpc) is 2.67. The summed E-state index contributed by atoms with van der Waals surface area (Å²) >= 11 is 6.67. The quantitative estimate of drug-likeness (QED) is 0.449. The number of ether oxygens (including phenoxy) is 3. The second kappa shape index (κ2) is 10.3. The highest BCUT2D eigenvalue weighted by Crippen LogP contribution is 2.26. The van der Waals surface area contributed by atoms with Gasteiger partial charge < -0.3 is 14.2 Å². The molecule has 0 spiro atoms. The minimum absolute atomic E-state index is 0.358. The maximum atomic E-state index is 12.2. The van der Waals surface area contributed by atoms with E-state index in [2.05, 4.69) is 42.7 Å². The van der Waals surface area contributed by atoms with Gasteiger partial charge in [-0.05, 0) is 68.3 Å². The van der Waals surface area contributed by atoms with E-state index in [1.165, 1.54) is 7.11 Å². The second-order valence-corrected chi connectivity index (χ2v) is 6.95. The van der Waals surface area contributed by atoms with Crippen molar-refractivity contribution in [1.82, 2.24) is 10.9 Å². The van der Waals surface area contributed by atoms with Gasteiger partial charge in [-0.1, -0.05) is 0 Å². The maximum absolute atomic E-state index is 12.2. The first-order valence-corrected chi connectivity index (χ1v) is 9.40. The van der Waals surface area contributed by atoms with Gasteiger partial charge in [-0.3, -0.25) is 20.4 Å². The molecule has 2 amide bonds. The molecule has 27 heavy (non-hydrogen) atoms. The van der Waals surface area contributed by atoms with Crippen molar-refractivity contribution in [2.75, 3.05) is 27.4 Å². The van der Waals surface area contributed by atoms with Crippen LogP contribution < -0.4 is 20.3 Å². The first-order chi connectivity index (χ1) is 13.0. The molecule has 0 aromatic heterocycles. The lowest BCUT2D eigenvalue weighted by Gasteiger charge is -2.11. The van der Waals surface area contributed by atoms with Crippen LogP contribution >= 0.6 is 31.9 Å². The first kappa shape index (κ1) is 21.2. The Balaban J connectivity index is 1.95. The molecule has 2 aromatic rings. The molecule has 0 atom stereocenters. The predicted octanol–water partition coefficient (Wildman–Crippen LogP) is 3.32. The Hall–Kier alpha value is -2.10. The van der Waals surface area contributed by atoms with Gasteiger partial charge in [0.2, 0.25) is 0 Å². The summed E-state index contributed by atoms with van der Waals surface area (Å²) < 4.78 is 16.8. The van der Waals surface area contributed by atoms with Gasteiger partial charge >= 0.3 is 0 Å². The zero-order valence-electron chi connectivity index (χ0n) is 14.7. The highest BCUT2D eigenvalue weighted by Gasteiger charge is 2.12. The number of carbonyl (C=O) groups excluding carboxylic acids is 2. The van der Waals surface area contributed by atoms with Crippen molar-refractivity contribution in [2.24, 2.45) is 0 Å². The minimum atomic E-state index is -0.458. The average molecular weight is 502 g/mol. The Morgan fingerprint density at radius 3 is 1.81 bits per heavy atom. The molecule has 0 bridgehead atoms. The van der Waals surface area contributed by atoms with Crippen LogP contribution in [0.5, 0.6) is 11.5 Å². The largest absolute Gasteiger partial charge is 0.496 e. The molecule has 2 N–H and O–H groups in total. The summed E-state index contributed by atoms with van der Waals surface area (Å²) in [6, 6.07) is 9.71. The molecule has 0 saturated heterocycles. The monoisotopic (exact) mass is 500 g/mol. The summed E-state index contributed by atoms with van der Waals surface area (Å²) in [5, 5.41) is 0. The van der Waals surface area contributed by atoms with Crippen LogP contribution in [0.15, 0.2) is 45.3 Å². The molecule has 0 aliphatic rings. The Bertz CT molecular complexity index is 829. The fourth-order valence-corrected chi connectivity index (χ4v) is 3.09. The van der Waals surface area contributed by atoms with Crippen LogP contribution in [0.4, 0.5) is 0 Å². The third-order valence-corrected chi connectivity index (χ3v) is 4.68. The highest BCUT2D eigenvalue weighted by atomic mass is 79.9. The van der Waals surface area contributed by atoms with Crippen LogP contribution in [0.1, 0.15) is 20.7 Å². The summed E-state index contributed by atoms with van der Waals surface area (Å²) in [6.07, 6.45) is 0. The zero-order valence-corrected chi connectivity index (χ0v) is 17.8. The molecule has 9 heteroatoms. The van der Waals surface area contributed by atoms with E-state index < -0.39 is 11.8 Å². The number of hydrogen-bond donors (Lipinski definition) is 2. The van der Waals surface area contributed by atoms with E-state index in [0.29, 0.717) is 44.8 Å². The van der Waals surface area contributed by atoms with E-state index in [1.807, 2.05) is 0 Å². The van der Waals surface area contributed by atoms with E-state index in [1.54, 1.807) is 43.5 Å². The van der Waals surface area contributed by atoms with Crippen LogP contribution in [0.3, 0.4) is 0 Å². The normalized spacial score (nSPS) is 10.2. The van der Waals surface area contributed by atoms with Gasteiger partial charge in [0.1, 0.15) is 18.1 Å². The van der Waals surface area contributed by atoms with Gasteiger partial charge in [0.25, 0.3) is 11.8 Å². The summed E-state index contributed by atoms with van der Waals surface area (Å²) in [4.78, 5) is 24.4. The molecule has 7 nitrogen and oxygen atoms in total. The van der Waals surface area contributed by atoms with Crippen LogP contribution in [0.2, 0.25) is 0 Å². The highest BCUT2D eigenvalue weighted by molar-refractivity contribution is 9.10. The first-order valence-electron chi connectivity index (χ1n) is 7.81. The van der Waals surface area contributed by atoms with Crippen molar-refractivity contribution < 1.29 is 23.8 Å².